The highest BCUT2D eigenvalue weighted by molar-refractivity contribution is 5.74. The summed E-state index contributed by atoms with van der Waals surface area (Å²) in [5, 5.41) is 9.44. The van der Waals surface area contributed by atoms with Crippen LogP contribution in [-0.2, 0) is 6.42 Å². The molecule has 0 bridgehead atoms. The number of anilines is 1. The van der Waals surface area contributed by atoms with Crippen LogP contribution < -0.4 is 9.64 Å². The van der Waals surface area contributed by atoms with Crippen molar-refractivity contribution in [3.8, 4) is 5.75 Å². The van der Waals surface area contributed by atoms with Gasteiger partial charge in [0.25, 0.3) is 0 Å². The van der Waals surface area contributed by atoms with Crippen LogP contribution in [0.2, 0.25) is 0 Å². The maximum atomic E-state index is 9.44. The Labute approximate surface area is 137 Å². The van der Waals surface area contributed by atoms with Crippen molar-refractivity contribution in [3.05, 3.63) is 65.7 Å². The monoisotopic (exact) mass is 309 g/mol. The third-order valence-electron chi connectivity index (χ3n) is 4.34. The van der Waals surface area contributed by atoms with Crippen molar-refractivity contribution in [2.75, 3.05) is 31.7 Å². The summed E-state index contributed by atoms with van der Waals surface area (Å²) in [6.45, 7) is 1.57. The quantitative estimate of drug-likeness (QED) is 0.886. The molecule has 0 heterocycles. The van der Waals surface area contributed by atoms with E-state index in [1.165, 1.54) is 16.7 Å². The number of aliphatic hydroxyl groups is 1. The molecule has 0 fully saturated rings. The number of fused-ring (bicyclic) bond motifs is 1. The summed E-state index contributed by atoms with van der Waals surface area (Å²) in [4.78, 5) is 2.22. The van der Waals surface area contributed by atoms with E-state index in [-0.39, 0.29) is 6.61 Å². The molecule has 0 unspecified atom stereocenters. The molecule has 3 rings (SSSR count). The van der Waals surface area contributed by atoms with Gasteiger partial charge < -0.3 is 14.7 Å². The number of hydrogen-bond donors (Lipinski definition) is 1. The Balaban J connectivity index is 1.83. The molecule has 1 aliphatic carbocycles. The average molecular weight is 309 g/mol. The Morgan fingerprint density at radius 2 is 1.87 bits per heavy atom. The van der Waals surface area contributed by atoms with Gasteiger partial charge in [-0.1, -0.05) is 30.3 Å². The second-order valence-corrected chi connectivity index (χ2v) is 5.77. The van der Waals surface area contributed by atoms with Crippen molar-refractivity contribution < 1.29 is 9.84 Å². The number of ether oxygens (including phenoxy) is 1. The maximum absolute atomic E-state index is 9.44. The molecule has 2 aromatic rings. The summed E-state index contributed by atoms with van der Waals surface area (Å²) >= 11 is 0. The van der Waals surface area contributed by atoms with Crippen molar-refractivity contribution in [2.24, 2.45) is 0 Å². The van der Waals surface area contributed by atoms with E-state index < -0.39 is 0 Å². The first kappa shape index (κ1) is 15.6. The van der Waals surface area contributed by atoms with Gasteiger partial charge in [0, 0.05) is 18.8 Å². The van der Waals surface area contributed by atoms with E-state index in [2.05, 4.69) is 35.2 Å². The molecule has 0 spiro atoms. The molecular weight excluding hydrogens is 286 g/mol. The molecule has 120 valence electrons. The van der Waals surface area contributed by atoms with Crippen LogP contribution in [-0.4, -0.2) is 31.9 Å². The molecule has 0 atom stereocenters. The van der Waals surface area contributed by atoms with Gasteiger partial charge in [0.15, 0.2) is 0 Å². The summed E-state index contributed by atoms with van der Waals surface area (Å²) in [6, 6.07) is 16.6. The van der Waals surface area contributed by atoms with E-state index in [0.29, 0.717) is 6.54 Å². The third-order valence-corrected chi connectivity index (χ3v) is 4.34. The molecule has 1 aliphatic rings. The van der Waals surface area contributed by atoms with Crippen molar-refractivity contribution in [2.45, 2.75) is 12.8 Å². The van der Waals surface area contributed by atoms with Crippen molar-refractivity contribution >= 4 is 11.3 Å². The fourth-order valence-electron chi connectivity index (χ4n) is 3.13. The lowest BCUT2D eigenvalue weighted by Crippen LogP contribution is -2.29. The highest BCUT2D eigenvalue weighted by atomic mass is 16.5. The van der Waals surface area contributed by atoms with Crippen LogP contribution in [0.15, 0.2) is 54.6 Å². The summed E-state index contributed by atoms with van der Waals surface area (Å²) < 4.78 is 5.23. The fraction of sp³-hybridized carbons (Fsp3) is 0.300. The normalized spacial score (nSPS) is 13.2. The summed E-state index contributed by atoms with van der Waals surface area (Å²) in [5.41, 5.74) is 5.21. The van der Waals surface area contributed by atoms with Crippen LogP contribution in [0.3, 0.4) is 0 Å². The number of benzene rings is 2. The topological polar surface area (TPSA) is 32.7 Å². The maximum Gasteiger partial charge on any atom is 0.119 e. The summed E-state index contributed by atoms with van der Waals surface area (Å²) in [6.07, 6.45) is 4.53. The highest BCUT2D eigenvalue weighted by Crippen LogP contribution is 2.29. The van der Waals surface area contributed by atoms with E-state index in [4.69, 9.17) is 4.74 Å². The zero-order valence-electron chi connectivity index (χ0n) is 13.5. The van der Waals surface area contributed by atoms with Crippen LogP contribution in [0, 0.1) is 0 Å². The lowest BCUT2D eigenvalue weighted by molar-refractivity contribution is 0.303. The third kappa shape index (κ3) is 3.57. The molecule has 0 aromatic heterocycles. The largest absolute Gasteiger partial charge is 0.497 e. The van der Waals surface area contributed by atoms with Crippen molar-refractivity contribution in [3.63, 3.8) is 0 Å². The number of nitrogens with zero attached hydrogens (tertiary/aromatic N) is 1. The average Bonchev–Trinajstić information content (AvgIpc) is 2.62. The Kier molecular flexibility index (Phi) is 4.99. The first-order valence-electron chi connectivity index (χ1n) is 8.09. The SMILES string of the molecule is COc1ccc(N(CCO)CC2=CCCc3ccccc32)cc1. The van der Waals surface area contributed by atoms with Gasteiger partial charge in [0.2, 0.25) is 0 Å². The Morgan fingerprint density at radius 1 is 1.09 bits per heavy atom. The van der Waals surface area contributed by atoms with Crippen LogP contribution in [0.4, 0.5) is 5.69 Å². The number of rotatable bonds is 6. The van der Waals surface area contributed by atoms with Crippen LogP contribution in [0.1, 0.15) is 17.5 Å². The van der Waals surface area contributed by atoms with E-state index >= 15 is 0 Å². The molecule has 0 saturated heterocycles. The van der Waals surface area contributed by atoms with Gasteiger partial charge in [-0.05, 0) is 53.8 Å². The molecule has 0 radical (unpaired) electrons. The summed E-state index contributed by atoms with van der Waals surface area (Å²) in [7, 11) is 1.67. The van der Waals surface area contributed by atoms with Crippen LogP contribution in [0.25, 0.3) is 5.57 Å². The number of aliphatic hydroxyl groups excluding tert-OH is 1. The number of methoxy groups -OCH3 is 1. The number of aryl methyl sites for hydroxylation is 1. The molecule has 0 amide bonds. The predicted molar refractivity (Wildman–Crippen MR) is 95.0 cm³/mol. The zero-order chi connectivity index (χ0) is 16.1. The molecule has 0 saturated carbocycles. The standard InChI is InChI=1S/C20H23NO2/c1-23-19-11-9-18(10-12-19)21(13-14-22)15-17-7-4-6-16-5-2-3-8-20(16)17/h2-3,5,7-12,22H,4,6,13-15H2,1H3. The second-order valence-electron chi connectivity index (χ2n) is 5.77. The molecule has 0 aliphatic heterocycles. The molecule has 2 aromatic carbocycles. The van der Waals surface area contributed by atoms with Gasteiger partial charge in [0.05, 0.1) is 13.7 Å². The first-order chi connectivity index (χ1) is 11.3. The van der Waals surface area contributed by atoms with Gasteiger partial charge in [-0.3, -0.25) is 0 Å². The Hall–Kier alpha value is -2.26. The minimum absolute atomic E-state index is 0.140. The second kappa shape index (κ2) is 7.34. The summed E-state index contributed by atoms with van der Waals surface area (Å²) in [5.74, 6) is 0.847. The zero-order valence-corrected chi connectivity index (χ0v) is 13.5. The first-order valence-corrected chi connectivity index (χ1v) is 8.09. The van der Waals surface area contributed by atoms with Crippen LogP contribution >= 0.6 is 0 Å². The van der Waals surface area contributed by atoms with Crippen molar-refractivity contribution in [1.29, 1.82) is 0 Å². The van der Waals surface area contributed by atoms with Crippen molar-refractivity contribution in [1.82, 2.24) is 0 Å². The lowest BCUT2D eigenvalue weighted by Gasteiger charge is -2.28. The van der Waals surface area contributed by atoms with E-state index in [1.807, 2.05) is 24.3 Å². The predicted octanol–water partition coefficient (Wildman–Crippen LogP) is 3.52. The molecule has 23 heavy (non-hydrogen) atoms. The van der Waals surface area contributed by atoms with Gasteiger partial charge in [-0.15, -0.1) is 0 Å². The molecule has 1 N–H and O–H groups in total. The Morgan fingerprint density at radius 3 is 2.61 bits per heavy atom. The molecule has 3 nitrogen and oxygen atoms in total. The Bertz CT molecular complexity index is 676. The van der Waals surface area contributed by atoms with Gasteiger partial charge in [0.1, 0.15) is 5.75 Å². The van der Waals surface area contributed by atoms with E-state index in [1.54, 1.807) is 7.11 Å². The molecule has 3 heteroatoms. The molecular formula is C20H23NO2. The highest BCUT2D eigenvalue weighted by Gasteiger charge is 2.15. The minimum atomic E-state index is 0.140. The van der Waals surface area contributed by atoms with Crippen LogP contribution in [0.5, 0.6) is 5.75 Å². The number of allylic oxidation sites excluding steroid dienone is 1. The van der Waals surface area contributed by atoms with E-state index in [9.17, 15) is 5.11 Å². The van der Waals surface area contributed by atoms with E-state index in [0.717, 1.165) is 30.8 Å². The van der Waals surface area contributed by atoms with Gasteiger partial charge >= 0.3 is 0 Å². The minimum Gasteiger partial charge on any atom is -0.497 e. The number of hydrogen-bond acceptors (Lipinski definition) is 3. The van der Waals surface area contributed by atoms with Gasteiger partial charge in [-0.25, -0.2) is 0 Å². The smallest absolute Gasteiger partial charge is 0.119 e. The van der Waals surface area contributed by atoms with Gasteiger partial charge in [-0.2, -0.15) is 0 Å². The fourth-order valence-corrected chi connectivity index (χ4v) is 3.13. The lowest BCUT2D eigenvalue weighted by atomic mass is 9.90.